The Morgan fingerprint density at radius 3 is 2.91 bits per heavy atom. The Morgan fingerprint density at radius 2 is 2.05 bits per heavy atom. The first-order chi connectivity index (χ1) is 21.4. The van der Waals surface area contributed by atoms with Crippen LogP contribution in [0.1, 0.15) is 5.56 Å². The molecule has 5 aromatic rings. The van der Waals surface area contributed by atoms with Gasteiger partial charge in [-0.2, -0.15) is 5.10 Å². The fourth-order valence-electron chi connectivity index (χ4n) is 5.46. The lowest BCUT2D eigenvalue weighted by molar-refractivity contribution is -0.127. The Kier molecular flexibility index (Phi) is 7.14. The zero-order valence-electron chi connectivity index (χ0n) is 24.7. The van der Waals surface area contributed by atoms with E-state index >= 15 is 0 Å². The van der Waals surface area contributed by atoms with Gasteiger partial charge >= 0.3 is 0 Å². The van der Waals surface area contributed by atoms with Crippen LogP contribution in [0, 0.1) is 6.92 Å². The van der Waals surface area contributed by atoms with Crippen LogP contribution >= 0.6 is 0 Å². The van der Waals surface area contributed by atoms with Gasteiger partial charge in [0.2, 0.25) is 5.91 Å². The molecule has 6 heterocycles. The minimum atomic E-state index is 0.00842. The highest BCUT2D eigenvalue weighted by Gasteiger charge is 2.35. The van der Waals surface area contributed by atoms with Gasteiger partial charge in [-0.15, -0.1) is 0 Å². The molecule has 0 unspecified atom stereocenters. The first kappa shape index (κ1) is 27.5. The molecule has 0 saturated carbocycles. The summed E-state index contributed by atoms with van der Waals surface area (Å²) in [6.07, 6.45) is 8.39. The van der Waals surface area contributed by atoms with E-state index in [4.69, 9.17) is 14.5 Å². The van der Waals surface area contributed by atoms with Crippen LogP contribution in [-0.2, 0) is 4.79 Å². The van der Waals surface area contributed by atoms with Crippen molar-refractivity contribution in [1.29, 1.82) is 0 Å². The van der Waals surface area contributed by atoms with Gasteiger partial charge in [-0.3, -0.25) is 4.79 Å². The molecule has 2 aliphatic rings. The quantitative estimate of drug-likeness (QED) is 0.279. The van der Waals surface area contributed by atoms with E-state index in [1.54, 1.807) is 10.6 Å². The molecule has 0 aliphatic carbocycles. The lowest BCUT2D eigenvalue weighted by Gasteiger charge is -2.44. The summed E-state index contributed by atoms with van der Waals surface area (Å²) < 4.78 is 13.9. The first-order valence-electron chi connectivity index (χ1n) is 14.4. The van der Waals surface area contributed by atoms with Crippen molar-refractivity contribution in [2.45, 2.75) is 13.0 Å². The second-order valence-corrected chi connectivity index (χ2v) is 11.1. The fourth-order valence-corrected chi connectivity index (χ4v) is 5.46. The number of nitrogens with one attached hydrogen (secondary N) is 1. The molecule has 7 rings (SSSR count). The van der Waals surface area contributed by atoms with E-state index in [-0.39, 0.29) is 11.9 Å². The van der Waals surface area contributed by atoms with Crippen molar-refractivity contribution < 1.29 is 14.3 Å². The summed E-state index contributed by atoms with van der Waals surface area (Å²) in [5.41, 5.74) is 3.81. The molecular weight excluding hydrogens is 560 g/mol. The third-order valence-corrected chi connectivity index (χ3v) is 7.70. The highest BCUT2D eigenvalue weighted by Crippen LogP contribution is 2.37. The smallest absolute Gasteiger partial charge is 0.246 e. The van der Waals surface area contributed by atoms with E-state index in [9.17, 15) is 4.79 Å². The van der Waals surface area contributed by atoms with Crippen molar-refractivity contribution in [2.75, 3.05) is 57.1 Å². The largest absolute Gasteiger partial charge is 0.487 e. The predicted molar refractivity (Wildman–Crippen MR) is 166 cm³/mol. The molecule has 0 radical (unpaired) electrons. The molecule has 1 fully saturated rings. The van der Waals surface area contributed by atoms with Gasteiger partial charge in [-0.1, -0.05) is 6.08 Å². The van der Waals surface area contributed by atoms with Gasteiger partial charge in [0.05, 0.1) is 11.6 Å². The maximum atomic E-state index is 12.8. The number of carbonyl (C=O) groups is 1. The van der Waals surface area contributed by atoms with Crippen molar-refractivity contribution in [3.05, 3.63) is 73.0 Å². The van der Waals surface area contributed by atoms with Gasteiger partial charge in [-0.05, 0) is 50.8 Å². The number of amides is 1. The molecule has 1 saturated heterocycles. The van der Waals surface area contributed by atoms with E-state index in [0.717, 1.165) is 29.4 Å². The highest BCUT2D eigenvalue weighted by atomic mass is 16.5. The monoisotopic (exact) mass is 592 g/mol. The van der Waals surface area contributed by atoms with E-state index < -0.39 is 0 Å². The first-order valence-corrected chi connectivity index (χ1v) is 14.4. The van der Waals surface area contributed by atoms with Gasteiger partial charge in [0, 0.05) is 56.3 Å². The zero-order valence-corrected chi connectivity index (χ0v) is 24.7. The number of nitrogens with zero attached hydrogens (tertiary/aromatic N) is 9. The molecule has 1 N–H and O–H groups in total. The van der Waals surface area contributed by atoms with Crippen molar-refractivity contribution in [3.63, 3.8) is 0 Å². The molecule has 1 aromatic carbocycles. The second-order valence-electron chi connectivity index (χ2n) is 11.1. The number of carbonyl (C=O) groups excluding carboxylic acids is 1. The lowest BCUT2D eigenvalue weighted by Crippen LogP contribution is -2.58. The number of aryl methyl sites for hydroxylation is 1. The molecule has 0 bridgehead atoms. The minimum absolute atomic E-state index is 0.00842. The number of hydrogen-bond donors (Lipinski definition) is 1. The van der Waals surface area contributed by atoms with Crippen LogP contribution in [0.4, 0.5) is 17.3 Å². The van der Waals surface area contributed by atoms with Crippen LogP contribution < -0.4 is 19.7 Å². The molecule has 224 valence electrons. The number of benzene rings is 1. The number of rotatable bonds is 7. The standard InChI is InChI=1S/C31H32N10O3/c1-20-13-21(6-7-25(20)44-23-8-10-41-27(14-23)33-19-35-41)36-30-29-24(32-18-34-30)15-26-31(37-29)40-12-11-39(16-22(40)17-43-26)28(42)5-4-9-38(2)3/h4-8,10,13-15,18-19,22H,9,11-12,16-17H2,1-3H3,(H,32,34,36)/b5-4+/t22-/m1/s1. The van der Waals surface area contributed by atoms with E-state index in [2.05, 4.69) is 30.3 Å². The number of piperazine rings is 1. The summed E-state index contributed by atoms with van der Waals surface area (Å²) in [6, 6.07) is 11.5. The topological polar surface area (TPSA) is 126 Å². The lowest BCUT2D eigenvalue weighted by atomic mass is 10.1. The molecule has 2 aliphatic heterocycles. The van der Waals surface area contributed by atoms with Gasteiger partial charge in [0.15, 0.2) is 23.0 Å². The van der Waals surface area contributed by atoms with Crippen molar-refractivity contribution in [3.8, 4) is 17.2 Å². The van der Waals surface area contributed by atoms with Crippen LogP contribution in [0.15, 0.2) is 67.4 Å². The molecule has 44 heavy (non-hydrogen) atoms. The normalized spacial score (nSPS) is 16.3. The maximum Gasteiger partial charge on any atom is 0.246 e. The van der Waals surface area contributed by atoms with E-state index in [1.165, 1.54) is 12.7 Å². The molecule has 0 spiro atoms. The SMILES string of the molecule is Cc1cc(Nc2ncnc3cc4c(nc23)N2CCN(C(=O)/C=C/CN(C)C)C[C@@H]2CO4)ccc1Oc1ccn2ncnc2c1. The van der Waals surface area contributed by atoms with E-state index in [1.807, 2.05) is 79.5 Å². The van der Waals surface area contributed by atoms with Crippen LogP contribution in [0.25, 0.3) is 16.7 Å². The Balaban J connectivity index is 1.09. The van der Waals surface area contributed by atoms with Gasteiger partial charge in [0.25, 0.3) is 0 Å². The average molecular weight is 593 g/mol. The van der Waals surface area contributed by atoms with Crippen molar-refractivity contribution >= 4 is 39.9 Å². The Morgan fingerprint density at radius 1 is 1.14 bits per heavy atom. The van der Waals surface area contributed by atoms with Crippen LogP contribution in [0.3, 0.4) is 0 Å². The van der Waals surface area contributed by atoms with Gasteiger partial charge < -0.3 is 29.5 Å². The molecule has 4 aromatic heterocycles. The minimum Gasteiger partial charge on any atom is -0.487 e. The van der Waals surface area contributed by atoms with Crippen molar-refractivity contribution in [1.82, 2.24) is 39.3 Å². The number of aromatic nitrogens is 6. The highest BCUT2D eigenvalue weighted by molar-refractivity contribution is 5.90. The Hall–Kier alpha value is -5.30. The van der Waals surface area contributed by atoms with Crippen LogP contribution in [-0.4, -0.2) is 98.2 Å². The predicted octanol–water partition coefficient (Wildman–Crippen LogP) is 3.44. The fraction of sp³-hybridized carbons (Fsp3) is 0.290. The third-order valence-electron chi connectivity index (χ3n) is 7.70. The number of hydrogen-bond acceptors (Lipinski definition) is 11. The average Bonchev–Trinajstić information content (AvgIpc) is 3.49. The van der Waals surface area contributed by atoms with Crippen LogP contribution in [0.2, 0.25) is 0 Å². The summed E-state index contributed by atoms with van der Waals surface area (Å²) in [7, 11) is 3.95. The number of pyridine rings is 2. The number of anilines is 3. The molecule has 1 amide bonds. The third kappa shape index (κ3) is 5.44. The van der Waals surface area contributed by atoms with E-state index in [0.29, 0.717) is 60.2 Å². The zero-order chi connectivity index (χ0) is 30.2. The number of ether oxygens (including phenoxy) is 2. The summed E-state index contributed by atoms with van der Waals surface area (Å²) in [5.74, 6) is 3.44. The molecule has 1 atom stereocenters. The Labute approximate surface area is 253 Å². The summed E-state index contributed by atoms with van der Waals surface area (Å²) in [4.78, 5) is 37.1. The second kappa shape index (κ2) is 11.4. The van der Waals surface area contributed by atoms with Gasteiger partial charge in [0.1, 0.15) is 36.3 Å². The van der Waals surface area contributed by atoms with Crippen LogP contribution in [0.5, 0.6) is 17.2 Å². The summed E-state index contributed by atoms with van der Waals surface area (Å²) in [5, 5.41) is 7.54. The number of fused-ring (bicyclic) bond motifs is 5. The molecule has 13 nitrogen and oxygen atoms in total. The summed E-state index contributed by atoms with van der Waals surface area (Å²) >= 11 is 0. The van der Waals surface area contributed by atoms with Gasteiger partial charge in [-0.25, -0.2) is 24.5 Å². The molecular formula is C31H32N10O3. The number of likely N-dealkylation sites (N-methyl/N-ethyl adjacent to an activating group) is 1. The van der Waals surface area contributed by atoms with Crippen molar-refractivity contribution in [2.24, 2.45) is 0 Å². The Bertz CT molecular complexity index is 1890. The summed E-state index contributed by atoms with van der Waals surface area (Å²) in [6.45, 7) is 5.03. The maximum absolute atomic E-state index is 12.8. The molecule has 13 heteroatoms.